The first kappa shape index (κ1) is 23.1. The van der Waals surface area contributed by atoms with Crippen LogP contribution in [-0.2, 0) is 21.2 Å². The molecule has 4 aromatic rings. The monoisotopic (exact) mass is 482 g/mol. The summed E-state index contributed by atoms with van der Waals surface area (Å²) in [5.41, 5.74) is 3.98. The summed E-state index contributed by atoms with van der Waals surface area (Å²) in [5.74, 6) is -1.22. The minimum absolute atomic E-state index is 0.00255. The topological polar surface area (TPSA) is 67.3 Å². The minimum atomic E-state index is -3.73. The van der Waals surface area contributed by atoms with Crippen LogP contribution in [0.2, 0.25) is 0 Å². The lowest BCUT2D eigenvalue weighted by Crippen LogP contribution is -2.31. The van der Waals surface area contributed by atoms with Crippen molar-refractivity contribution in [2.45, 2.75) is 31.7 Å². The molecule has 0 aliphatic heterocycles. The second kappa shape index (κ2) is 9.41. The number of carbonyl (C=O) groups excluding carboxylic acids is 1. The predicted molar refractivity (Wildman–Crippen MR) is 130 cm³/mol. The Balaban J connectivity index is 1.62. The molecule has 0 atom stereocenters. The lowest BCUT2D eigenvalue weighted by Gasteiger charge is -2.20. The summed E-state index contributed by atoms with van der Waals surface area (Å²) in [5, 5.41) is 0.531. The number of sulfone groups is 1. The maximum Gasteiger partial charge on any atom is 0.230 e. The number of benzene rings is 3. The van der Waals surface area contributed by atoms with Gasteiger partial charge >= 0.3 is 0 Å². The Morgan fingerprint density at radius 2 is 1.67 bits per heavy atom. The standard InChI is InChI=1S/C25H23FN2O3S2/c1-17-14-22-23(15-18(17)2)32-25(27-22)28(16-19-6-4-3-5-7-19)24(29)12-13-33(30,31)21-10-8-20(26)9-11-21/h3-11,14-15H,12-13,16H2,1-2H3. The Kier molecular flexibility index (Phi) is 6.58. The van der Waals surface area contributed by atoms with Crippen LogP contribution in [0.1, 0.15) is 23.1 Å². The Morgan fingerprint density at radius 3 is 2.36 bits per heavy atom. The summed E-state index contributed by atoms with van der Waals surface area (Å²) in [6.07, 6.45) is -0.208. The highest BCUT2D eigenvalue weighted by molar-refractivity contribution is 7.91. The van der Waals surface area contributed by atoms with E-state index in [1.54, 1.807) is 4.90 Å². The Bertz CT molecular complexity index is 1360. The second-order valence-corrected chi connectivity index (χ2v) is 11.0. The first-order chi connectivity index (χ1) is 15.7. The van der Waals surface area contributed by atoms with E-state index in [1.165, 1.54) is 23.5 Å². The maximum absolute atomic E-state index is 13.3. The van der Waals surface area contributed by atoms with E-state index in [0.29, 0.717) is 5.13 Å². The SMILES string of the molecule is Cc1cc2nc(N(Cc3ccccc3)C(=O)CCS(=O)(=O)c3ccc(F)cc3)sc2cc1C. The molecule has 33 heavy (non-hydrogen) atoms. The van der Waals surface area contributed by atoms with Gasteiger partial charge in [0.2, 0.25) is 5.91 Å². The highest BCUT2D eigenvalue weighted by atomic mass is 32.2. The molecule has 1 aromatic heterocycles. The van der Waals surface area contributed by atoms with E-state index in [9.17, 15) is 17.6 Å². The summed E-state index contributed by atoms with van der Waals surface area (Å²) in [6, 6.07) is 18.2. The molecule has 0 aliphatic rings. The van der Waals surface area contributed by atoms with E-state index in [4.69, 9.17) is 0 Å². The highest BCUT2D eigenvalue weighted by Crippen LogP contribution is 2.32. The van der Waals surface area contributed by atoms with Crippen LogP contribution in [0.4, 0.5) is 9.52 Å². The van der Waals surface area contributed by atoms with Crippen LogP contribution in [0, 0.1) is 19.7 Å². The molecular weight excluding hydrogens is 459 g/mol. The number of thiazole rings is 1. The quantitative estimate of drug-likeness (QED) is 0.329. The van der Waals surface area contributed by atoms with Crippen molar-refractivity contribution in [3.8, 4) is 0 Å². The summed E-state index contributed by atoms with van der Waals surface area (Å²) >= 11 is 1.41. The van der Waals surface area contributed by atoms with Crippen LogP contribution in [-0.4, -0.2) is 25.1 Å². The van der Waals surface area contributed by atoms with E-state index >= 15 is 0 Å². The van der Waals surface area contributed by atoms with Crippen molar-refractivity contribution in [2.24, 2.45) is 0 Å². The van der Waals surface area contributed by atoms with Crippen molar-refractivity contribution in [1.29, 1.82) is 0 Å². The van der Waals surface area contributed by atoms with E-state index < -0.39 is 15.7 Å². The highest BCUT2D eigenvalue weighted by Gasteiger charge is 2.24. The smallest absolute Gasteiger partial charge is 0.230 e. The van der Waals surface area contributed by atoms with Gasteiger partial charge in [0, 0.05) is 6.42 Å². The molecule has 0 N–H and O–H groups in total. The fourth-order valence-corrected chi connectivity index (χ4v) is 5.72. The first-order valence-electron chi connectivity index (χ1n) is 10.4. The number of hydrogen-bond donors (Lipinski definition) is 0. The third-order valence-electron chi connectivity index (χ3n) is 5.47. The zero-order valence-electron chi connectivity index (χ0n) is 18.3. The van der Waals surface area contributed by atoms with Crippen LogP contribution in [0.25, 0.3) is 10.2 Å². The van der Waals surface area contributed by atoms with E-state index in [1.807, 2.05) is 50.2 Å². The zero-order valence-corrected chi connectivity index (χ0v) is 19.9. The molecule has 4 rings (SSSR count). The molecule has 0 saturated carbocycles. The lowest BCUT2D eigenvalue weighted by molar-refractivity contribution is -0.118. The number of aryl methyl sites for hydroxylation is 2. The summed E-state index contributed by atoms with van der Waals surface area (Å²) in [4.78, 5) is 19.5. The van der Waals surface area contributed by atoms with Gasteiger partial charge in [-0.1, -0.05) is 41.7 Å². The summed E-state index contributed by atoms with van der Waals surface area (Å²) in [6.45, 7) is 4.33. The molecule has 1 amide bonds. The Hall–Kier alpha value is -3.10. The molecule has 0 saturated heterocycles. The number of nitrogens with zero attached hydrogens (tertiary/aromatic N) is 2. The van der Waals surface area contributed by atoms with Crippen molar-refractivity contribution in [3.63, 3.8) is 0 Å². The van der Waals surface area contributed by atoms with Crippen LogP contribution in [0.3, 0.4) is 0 Å². The van der Waals surface area contributed by atoms with Gasteiger partial charge in [0.25, 0.3) is 0 Å². The van der Waals surface area contributed by atoms with Crippen molar-refractivity contribution >= 4 is 42.4 Å². The number of carbonyl (C=O) groups is 1. The van der Waals surface area contributed by atoms with Crippen molar-refractivity contribution in [1.82, 2.24) is 4.98 Å². The van der Waals surface area contributed by atoms with Gasteiger partial charge in [-0.2, -0.15) is 0 Å². The van der Waals surface area contributed by atoms with Gasteiger partial charge in [-0.05, 0) is 66.9 Å². The maximum atomic E-state index is 13.3. The molecule has 0 radical (unpaired) electrons. The van der Waals surface area contributed by atoms with Crippen molar-refractivity contribution in [2.75, 3.05) is 10.7 Å². The van der Waals surface area contributed by atoms with Gasteiger partial charge in [-0.15, -0.1) is 0 Å². The van der Waals surface area contributed by atoms with Crippen LogP contribution in [0.15, 0.2) is 71.6 Å². The molecule has 8 heteroatoms. The molecule has 5 nitrogen and oxygen atoms in total. The molecule has 0 aliphatic carbocycles. The zero-order chi connectivity index (χ0) is 23.6. The van der Waals surface area contributed by atoms with Gasteiger partial charge in [0.1, 0.15) is 5.82 Å². The summed E-state index contributed by atoms with van der Waals surface area (Å²) < 4.78 is 39.5. The number of halogens is 1. The number of rotatable bonds is 7. The number of fused-ring (bicyclic) bond motifs is 1. The normalized spacial score (nSPS) is 11.6. The molecule has 0 fully saturated rings. The number of anilines is 1. The molecule has 1 heterocycles. The van der Waals surface area contributed by atoms with Gasteiger partial charge in [0.15, 0.2) is 15.0 Å². The third-order valence-corrected chi connectivity index (χ3v) is 8.24. The van der Waals surface area contributed by atoms with E-state index in [2.05, 4.69) is 11.1 Å². The van der Waals surface area contributed by atoms with Crippen molar-refractivity contribution in [3.05, 3.63) is 89.2 Å². The minimum Gasteiger partial charge on any atom is -0.284 e. The number of amides is 1. The van der Waals surface area contributed by atoms with Gasteiger partial charge in [-0.25, -0.2) is 17.8 Å². The lowest BCUT2D eigenvalue weighted by atomic mass is 10.1. The molecule has 0 spiro atoms. The average molecular weight is 483 g/mol. The largest absolute Gasteiger partial charge is 0.284 e. The van der Waals surface area contributed by atoms with Crippen LogP contribution >= 0.6 is 11.3 Å². The summed E-state index contributed by atoms with van der Waals surface area (Å²) in [7, 11) is -3.73. The van der Waals surface area contributed by atoms with Crippen LogP contribution < -0.4 is 4.90 Å². The Morgan fingerprint density at radius 1 is 1.00 bits per heavy atom. The number of hydrogen-bond acceptors (Lipinski definition) is 5. The average Bonchev–Trinajstić information content (AvgIpc) is 3.19. The molecule has 3 aromatic carbocycles. The van der Waals surface area contributed by atoms with Crippen molar-refractivity contribution < 1.29 is 17.6 Å². The predicted octanol–water partition coefficient (Wildman–Crippen LogP) is 5.45. The molecule has 0 bridgehead atoms. The second-order valence-electron chi connectivity index (χ2n) is 7.89. The fourth-order valence-electron chi connectivity index (χ4n) is 3.43. The number of aromatic nitrogens is 1. The first-order valence-corrected chi connectivity index (χ1v) is 12.9. The molecular formula is C25H23FN2O3S2. The molecule has 0 unspecified atom stereocenters. The third kappa shape index (κ3) is 5.29. The molecule has 170 valence electrons. The Labute approximate surface area is 196 Å². The van der Waals surface area contributed by atoms with Gasteiger partial charge in [0.05, 0.1) is 27.4 Å². The van der Waals surface area contributed by atoms with Gasteiger partial charge < -0.3 is 0 Å². The fraction of sp³-hybridized carbons (Fsp3) is 0.200. The van der Waals surface area contributed by atoms with E-state index in [0.717, 1.165) is 39.0 Å². The van der Waals surface area contributed by atoms with E-state index in [-0.39, 0.29) is 29.5 Å². The van der Waals surface area contributed by atoms with Gasteiger partial charge in [-0.3, -0.25) is 9.69 Å². The van der Waals surface area contributed by atoms with Crippen LogP contribution in [0.5, 0.6) is 0 Å².